The van der Waals surface area contributed by atoms with Crippen LogP contribution in [0, 0.1) is 13.8 Å². The van der Waals surface area contributed by atoms with Gasteiger partial charge in [-0.1, -0.05) is 59.7 Å². The highest BCUT2D eigenvalue weighted by molar-refractivity contribution is 6.35. The molecular weight excluding hydrogens is 304 g/mol. The number of rotatable bonds is 4. The normalized spacial score (nSPS) is 10.9. The number of carbonyl (C=O) groups is 2. The first-order chi connectivity index (χ1) is 11.5. The molecule has 0 heterocycles. The van der Waals surface area contributed by atoms with E-state index < -0.39 is 11.8 Å². The average Bonchev–Trinajstić information content (AvgIpc) is 2.58. The van der Waals surface area contributed by atoms with Gasteiger partial charge in [0, 0.05) is 0 Å². The topological polar surface area (TPSA) is 82.9 Å². The zero-order chi connectivity index (χ0) is 17.4. The van der Waals surface area contributed by atoms with Crippen molar-refractivity contribution in [2.24, 2.45) is 10.2 Å². The average molecular weight is 322 g/mol. The summed E-state index contributed by atoms with van der Waals surface area (Å²) < 4.78 is 0. The lowest BCUT2D eigenvalue weighted by Crippen LogP contribution is -2.35. The number of carbonyl (C=O) groups excluding carboxylic acids is 2. The second-order valence-electron chi connectivity index (χ2n) is 5.22. The predicted octanol–water partition coefficient (Wildman–Crippen LogP) is 1.90. The van der Waals surface area contributed by atoms with Crippen LogP contribution < -0.4 is 10.9 Å². The summed E-state index contributed by atoms with van der Waals surface area (Å²) in [7, 11) is 0. The van der Waals surface area contributed by atoms with Crippen LogP contribution in [0.2, 0.25) is 0 Å². The van der Waals surface area contributed by atoms with E-state index >= 15 is 0 Å². The molecule has 0 aliphatic rings. The second-order valence-corrected chi connectivity index (χ2v) is 5.22. The number of nitrogens with one attached hydrogen (secondary N) is 2. The van der Waals surface area contributed by atoms with E-state index in [2.05, 4.69) is 21.1 Å². The largest absolute Gasteiger partial charge is 0.331 e. The van der Waals surface area contributed by atoms with Crippen molar-refractivity contribution >= 4 is 24.2 Å². The molecule has 2 N–H and O–H groups in total. The Hall–Kier alpha value is -3.28. The second kappa shape index (κ2) is 8.38. The van der Waals surface area contributed by atoms with Crippen LogP contribution in [0.1, 0.15) is 22.3 Å². The standard InChI is InChI=1S/C18H18N4O2/c1-13-3-7-15(8-4-13)11-19-21-17(23)18(24)22-20-12-16-9-5-14(2)6-10-16/h3-12H,1-2H3,(H,21,23)(H,22,24). The Kier molecular flexibility index (Phi) is 5.96. The quantitative estimate of drug-likeness (QED) is 0.512. The van der Waals surface area contributed by atoms with E-state index in [-0.39, 0.29) is 0 Å². The van der Waals surface area contributed by atoms with E-state index in [4.69, 9.17) is 0 Å². The summed E-state index contributed by atoms with van der Waals surface area (Å²) in [6, 6.07) is 15.1. The summed E-state index contributed by atoms with van der Waals surface area (Å²) in [6.45, 7) is 3.95. The summed E-state index contributed by atoms with van der Waals surface area (Å²) in [5, 5.41) is 7.46. The fourth-order valence-corrected chi connectivity index (χ4v) is 1.74. The molecule has 0 saturated heterocycles. The van der Waals surface area contributed by atoms with Gasteiger partial charge < -0.3 is 0 Å². The Morgan fingerprint density at radius 1 is 0.708 bits per heavy atom. The highest BCUT2D eigenvalue weighted by atomic mass is 16.2. The molecule has 0 fully saturated rings. The Balaban J connectivity index is 1.80. The highest BCUT2D eigenvalue weighted by Gasteiger charge is 2.10. The molecule has 2 aromatic rings. The van der Waals surface area contributed by atoms with Gasteiger partial charge in [0.15, 0.2) is 0 Å². The van der Waals surface area contributed by atoms with Crippen LogP contribution in [-0.2, 0) is 9.59 Å². The summed E-state index contributed by atoms with van der Waals surface area (Å²) >= 11 is 0. The molecule has 0 atom stereocenters. The van der Waals surface area contributed by atoms with Crippen LogP contribution in [0.15, 0.2) is 58.7 Å². The van der Waals surface area contributed by atoms with Gasteiger partial charge in [0.2, 0.25) is 0 Å². The van der Waals surface area contributed by atoms with Crippen molar-refractivity contribution in [1.29, 1.82) is 0 Å². The molecule has 0 aliphatic heterocycles. The van der Waals surface area contributed by atoms with Crippen LogP contribution >= 0.6 is 0 Å². The molecule has 122 valence electrons. The summed E-state index contributed by atoms with van der Waals surface area (Å²) in [6.07, 6.45) is 2.92. The molecular formula is C18H18N4O2. The first-order valence-corrected chi connectivity index (χ1v) is 7.34. The zero-order valence-corrected chi connectivity index (χ0v) is 13.5. The minimum Gasteiger partial charge on any atom is -0.262 e. The molecule has 2 aromatic carbocycles. The maximum absolute atomic E-state index is 11.6. The van der Waals surface area contributed by atoms with E-state index in [0.717, 1.165) is 22.3 Å². The molecule has 6 nitrogen and oxygen atoms in total. The molecule has 24 heavy (non-hydrogen) atoms. The third-order valence-electron chi connectivity index (χ3n) is 3.12. The zero-order valence-electron chi connectivity index (χ0n) is 13.5. The SMILES string of the molecule is Cc1ccc(C=NNC(=O)C(=O)NN=Cc2ccc(C)cc2)cc1. The lowest BCUT2D eigenvalue weighted by molar-refractivity contribution is -0.139. The number of hydrazone groups is 2. The fourth-order valence-electron chi connectivity index (χ4n) is 1.74. The van der Waals surface area contributed by atoms with E-state index in [1.165, 1.54) is 12.4 Å². The van der Waals surface area contributed by atoms with Crippen LogP contribution in [0.25, 0.3) is 0 Å². The number of nitrogens with zero attached hydrogens (tertiary/aromatic N) is 2. The number of benzene rings is 2. The fraction of sp³-hybridized carbons (Fsp3) is 0.111. The van der Waals surface area contributed by atoms with Gasteiger partial charge in [-0.15, -0.1) is 0 Å². The number of amides is 2. The number of hydrogen-bond donors (Lipinski definition) is 2. The maximum Gasteiger partial charge on any atom is 0.331 e. The Morgan fingerprint density at radius 3 is 1.38 bits per heavy atom. The van der Waals surface area contributed by atoms with Crippen molar-refractivity contribution in [3.8, 4) is 0 Å². The molecule has 2 rings (SSSR count). The minimum atomic E-state index is -0.889. The van der Waals surface area contributed by atoms with Crippen molar-refractivity contribution in [2.45, 2.75) is 13.8 Å². The van der Waals surface area contributed by atoms with Crippen LogP contribution in [0.4, 0.5) is 0 Å². The van der Waals surface area contributed by atoms with E-state index in [1.54, 1.807) is 0 Å². The van der Waals surface area contributed by atoms with Crippen LogP contribution in [-0.4, -0.2) is 24.2 Å². The van der Waals surface area contributed by atoms with Crippen molar-refractivity contribution in [3.63, 3.8) is 0 Å². The summed E-state index contributed by atoms with van der Waals surface area (Å²) in [5.41, 5.74) is 8.18. The molecule has 6 heteroatoms. The van der Waals surface area contributed by atoms with Gasteiger partial charge in [0.05, 0.1) is 12.4 Å². The van der Waals surface area contributed by atoms with E-state index in [1.807, 2.05) is 62.4 Å². The Labute approximate surface area is 140 Å². The van der Waals surface area contributed by atoms with Gasteiger partial charge in [-0.3, -0.25) is 9.59 Å². The molecule has 0 saturated carbocycles. The Morgan fingerprint density at radius 2 is 1.04 bits per heavy atom. The molecule has 0 radical (unpaired) electrons. The maximum atomic E-state index is 11.6. The first kappa shape index (κ1) is 17.1. The molecule has 0 unspecified atom stereocenters. The predicted molar refractivity (Wildman–Crippen MR) is 93.8 cm³/mol. The van der Waals surface area contributed by atoms with Gasteiger partial charge in [-0.25, -0.2) is 10.9 Å². The van der Waals surface area contributed by atoms with Gasteiger partial charge in [-0.2, -0.15) is 10.2 Å². The van der Waals surface area contributed by atoms with Gasteiger partial charge in [-0.05, 0) is 25.0 Å². The van der Waals surface area contributed by atoms with Gasteiger partial charge >= 0.3 is 11.8 Å². The highest BCUT2D eigenvalue weighted by Crippen LogP contribution is 2.00. The molecule has 2 amide bonds. The third kappa shape index (κ3) is 5.49. The van der Waals surface area contributed by atoms with Crippen LogP contribution in [0.3, 0.4) is 0 Å². The summed E-state index contributed by atoms with van der Waals surface area (Å²) in [5.74, 6) is -1.78. The van der Waals surface area contributed by atoms with E-state index in [0.29, 0.717) is 0 Å². The summed E-state index contributed by atoms with van der Waals surface area (Å²) in [4.78, 5) is 23.1. The number of aryl methyl sites for hydroxylation is 2. The molecule has 0 spiro atoms. The van der Waals surface area contributed by atoms with Crippen molar-refractivity contribution in [1.82, 2.24) is 10.9 Å². The monoisotopic (exact) mass is 322 g/mol. The lowest BCUT2D eigenvalue weighted by atomic mass is 10.2. The van der Waals surface area contributed by atoms with E-state index in [9.17, 15) is 9.59 Å². The van der Waals surface area contributed by atoms with Crippen molar-refractivity contribution in [3.05, 3.63) is 70.8 Å². The smallest absolute Gasteiger partial charge is 0.262 e. The lowest BCUT2D eigenvalue weighted by Gasteiger charge is -1.99. The number of hydrogen-bond acceptors (Lipinski definition) is 4. The molecule has 0 bridgehead atoms. The van der Waals surface area contributed by atoms with Gasteiger partial charge in [0.1, 0.15) is 0 Å². The minimum absolute atomic E-state index is 0.818. The Bertz CT molecular complexity index is 695. The molecule has 0 aromatic heterocycles. The van der Waals surface area contributed by atoms with Crippen LogP contribution in [0.5, 0.6) is 0 Å². The first-order valence-electron chi connectivity index (χ1n) is 7.34. The van der Waals surface area contributed by atoms with Crippen molar-refractivity contribution in [2.75, 3.05) is 0 Å². The third-order valence-corrected chi connectivity index (χ3v) is 3.12. The van der Waals surface area contributed by atoms with Gasteiger partial charge in [0.25, 0.3) is 0 Å². The van der Waals surface area contributed by atoms with Crippen molar-refractivity contribution < 1.29 is 9.59 Å². The molecule has 0 aliphatic carbocycles.